The van der Waals surface area contributed by atoms with Gasteiger partial charge >= 0.3 is 0 Å². The van der Waals surface area contributed by atoms with Crippen molar-refractivity contribution in [3.05, 3.63) is 12.7 Å². The van der Waals surface area contributed by atoms with Crippen molar-refractivity contribution in [3.63, 3.8) is 0 Å². The van der Waals surface area contributed by atoms with E-state index in [4.69, 9.17) is 5.11 Å². The quantitative estimate of drug-likeness (QED) is 0.647. The van der Waals surface area contributed by atoms with E-state index < -0.39 is 6.10 Å². The van der Waals surface area contributed by atoms with Gasteiger partial charge in [-0.3, -0.25) is 9.48 Å². The van der Waals surface area contributed by atoms with Crippen molar-refractivity contribution >= 4 is 5.91 Å². The predicted molar refractivity (Wildman–Crippen MR) is 49.3 cm³/mol. The highest BCUT2D eigenvalue weighted by Crippen LogP contribution is 1.87. The molecule has 1 heterocycles. The van der Waals surface area contributed by atoms with Crippen LogP contribution in [0.3, 0.4) is 0 Å². The number of hydrogen-bond acceptors (Lipinski definition) is 4. The zero-order valence-corrected chi connectivity index (χ0v) is 8.05. The van der Waals surface area contributed by atoms with Crippen molar-refractivity contribution in [1.29, 1.82) is 0 Å². The summed E-state index contributed by atoms with van der Waals surface area (Å²) in [4.78, 5) is 14.9. The first-order chi connectivity index (χ1) is 6.68. The van der Waals surface area contributed by atoms with E-state index in [2.05, 4.69) is 15.4 Å². The third-order valence-corrected chi connectivity index (χ3v) is 1.63. The molecule has 14 heavy (non-hydrogen) atoms. The van der Waals surface area contributed by atoms with E-state index in [0.29, 0.717) is 13.0 Å². The molecule has 0 bridgehead atoms. The monoisotopic (exact) mass is 198 g/mol. The number of amides is 1. The van der Waals surface area contributed by atoms with Crippen LogP contribution in [0.5, 0.6) is 0 Å². The molecule has 0 aliphatic rings. The number of aryl methyl sites for hydroxylation is 1. The van der Waals surface area contributed by atoms with Crippen molar-refractivity contribution in [2.75, 3.05) is 6.54 Å². The number of carbonyl (C=O) groups excluding carboxylic acids is 1. The van der Waals surface area contributed by atoms with Crippen molar-refractivity contribution < 1.29 is 9.90 Å². The first-order valence-electron chi connectivity index (χ1n) is 4.45. The summed E-state index contributed by atoms with van der Waals surface area (Å²) in [5.74, 6) is -0.0959. The summed E-state index contributed by atoms with van der Waals surface area (Å²) in [6.45, 7) is 2.42. The molecule has 1 aromatic heterocycles. The van der Waals surface area contributed by atoms with Crippen LogP contribution in [0, 0.1) is 0 Å². The summed E-state index contributed by atoms with van der Waals surface area (Å²) >= 11 is 0. The van der Waals surface area contributed by atoms with Gasteiger partial charge in [0.15, 0.2) is 0 Å². The van der Waals surface area contributed by atoms with Crippen molar-refractivity contribution in [2.45, 2.75) is 26.0 Å². The van der Waals surface area contributed by atoms with Crippen LogP contribution < -0.4 is 5.32 Å². The van der Waals surface area contributed by atoms with Crippen LogP contribution in [0.1, 0.15) is 13.3 Å². The number of nitrogens with one attached hydrogen (secondary N) is 1. The third kappa shape index (κ3) is 3.99. The average Bonchev–Trinajstić information content (AvgIpc) is 2.63. The Hall–Kier alpha value is -1.43. The van der Waals surface area contributed by atoms with Crippen LogP contribution in [-0.4, -0.2) is 38.4 Å². The Morgan fingerprint density at radius 1 is 1.71 bits per heavy atom. The summed E-state index contributed by atoms with van der Waals surface area (Å²) in [6.07, 6.45) is 2.82. The summed E-state index contributed by atoms with van der Waals surface area (Å²) in [7, 11) is 0. The van der Waals surface area contributed by atoms with Gasteiger partial charge in [-0.2, -0.15) is 5.10 Å². The molecule has 1 aromatic rings. The molecule has 6 nitrogen and oxygen atoms in total. The number of nitrogens with zero attached hydrogens (tertiary/aromatic N) is 3. The minimum Gasteiger partial charge on any atom is -0.392 e. The van der Waals surface area contributed by atoms with Crippen LogP contribution >= 0.6 is 0 Å². The van der Waals surface area contributed by atoms with Crippen molar-refractivity contribution in [2.24, 2.45) is 0 Å². The van der Waals surface area contributed by atoms with E-state index in [1.807, 2.05) is 0 Å². The minimum atomic E-state index is -0.509. The molecule has 78 valence electrons. The van der Waals surface area contributed by atoms with E-state index in [0.717, 1.165) is 0 Å². The smallest absolute Gasteiger partial charge is 0.221 e. The molecule has 0 aromatic carbocycles. The minimum absolute atomic E-state index is 0.0959. The highest BCUT2D eigenvalue weighted by Gasteiger charge is 2.03. The fourth-order valence-corrected chi connectivity index (χ4v) is 0.914. The van der Waals surface area contributed by atoms with Gasteiger partial charge in [-0.1, -0.05) is 0 Å². The molecule has 2 N–H and O–H groups in total. The summed E-state index contributed by atoms with van der Waals surface area (Å²) in [6, 6.07) is 0. The Kier molecular flexibility index (Phi) is 4.06. The standard InChI is InChI=1S/C8H14N4O2/c1-7(13)4-10-8(14)2-3-12-6-9-5-11-12/h5-7,13H,2-4H2,1H3,(H,10,14)/t7-/m1/s1. The lowest BCUT2D eigenvalue weighted by atomic mass is 10.3. The Morgan fingerprint density at radius 3 is 3.07 bits per heavy atom. The van der Waals surface area contributed by atoms with Gasteiger partial charge in [-0.05, 0) is 6.92 Å². The van der Waals surface area contributed by atoms with Crippen LogP contribution in [0.4, 0.5) is 0 Å². The average molecular weight is 198 g/mol. The molecule has 6 heteroatoms. The summed E-state index contributed by atoms with van der Waals surface area (Å²) in [5, 5.41) is 15.4. The van der Waals surface area contributed by atoms with Crippen LogP contribution in [-0.2, 0) is 11.3 Å². The van der Waals surface area contributed by atoms with Gasteiger partial charge in [0.25, 0.3) is 0 Å². The lowest BCUT2D eigenvalue weighted by Gasteiger charge is -2.06. The van der Waals surface area contributed by atoms with Gasteiger partial charge in [-0.15, -0.1) is 0 Å². The largest absolute Gasteiger partial charge is 0.392 e. The zero-order valence-electron chi connectivity index (χ0n) is 8.05. The molecule has 1 amide bonds. The van der Waals surface area contributed by atoms with Crippen LogP contribution in [0.2, 0.25) is 0 Å². The van der Waals surface area contributed by atoms with Crippen molar-refractivity contribution in [3.8, 4) is 0 Å². The first kappa shape index (κ1) is 10.6. The summed E-state index contributed by atoms with van der Waals surface area (Å²) < 4.78 is 1.59. The molecule has 0 aliphatic heterocycles. The molecule has 0 fully saturated rings. The normalized spacial score (nSPS) is 12.4. The van der Waals surface area contributed by atoms with Gasteiger partial charge < -0.3 is 10.4 Å². The topological polar surface area (TPSA) is 80.0 Å². The highest BCUT2D eigenvalue weighted by molar-refractivity contribution is 5.75. The third-order valence-electron chi connectivity index (χ3n) is 1.63. The number of aliphatic hydroxyl groups is 1. The van der Waals surface area contributed by atoms with E-state index in [-0.39, 0.29) is 12.5 Å². The second-order valence-corrected chi connectivity index (χ2v) is 3.06. The lowest BCUT2D eigenvalue weighted by molar-refractivity contribution is -0.121. The second kappa shape index (κ2) is 5.33. The fourth-order valence-electron chi connectivity index (χ4n) is 0.914. The highest BCUT2D eigenvalue weighted by atomic mass is 16.3. The number of carbonyl (C=O) groups is 1. The molecule has 1 rings (SSSR count). The maximum absolute atomic E-state index is 11.2. The molecular formula is C8H14N4O2. The van der Waals surface area contributed by atoms with Gasteiger partial charge in [0, 0.05) is 13.0 Å². The van der Waals surface area contributed by atoms with E-state index in [1.54, 1.807) is 17.9 Å². The molecule has 0 spiro atoms. The molecule has 0 saturated heterocycles. The van der Waals surface area contributed by atoms with Gasteiger partial charge in [-0.25, -0.2) is 4.98 Å². The number of hydrogen-bond donors (Lipinski definition) is 2. The molecule has 0 aliphatic carbocycles. The summed E-state index contributed by atoms with van der Waals surface area (Å²) in [5.41, 5.74) is 0. The number of rotatable bonds is 5. The first-order valence-corrected chi connectivity index (χ1v) is 4.45. The molecule has 0 saturated carbocycles. The van der Waals surface area contributed by atoms with Crippen LogP contribution in [0.15, 0.2) is 12.7 Å². The Labute approximate surface area is 82.0 Å². The van der Waals surface area contributed by atoms with E-state index in [1.165, 1.54) is 6.33 Å². The SMILES string of the molecule is C[C@@H](O)CNC(=O)CCn1cncn1. The van der Waals surface area contributed by atoms with E-state index in [9.17, 15) is 4.79 Å². The Bertz CT molecular complexity index is 271. The molecule has 1 atom stereocenters. The van der Waals surface area contributed by atoms with Crippen LogP contribution in [0.25, 0.3) is 0 Å². The predicted octanol–water partition coefficient (Wildman–Crippen LogP) is -0.835. The fraction of sp³-hybridized carbons (Fsp3) is 0.625. The van der Waals surface area contributed by atoms with Gasteiger partial charge in [0.05, 0.1) is 12.6 Å². The van der Waals surface area contributed by atoms with Crippen molar-refractivity contribution in [1.82, 2.24) is 20.1 Å². The molecule has 0 unspecified atom stereocenters. The number of aliphatic hydroxyl groups excluding tert-OH is 1. The maximum atomic E-state index is 11.2. The molecule has 0 radical (unpaired) electrons. The lowest BCUT2D eigenvalue weighted by Crippen LogP contribution is -2.31. The Morgan fingerprint density at radius 2 is 2.50 bits per heavy atom. The number of aromatic nitrogens is 3. The van der Waals surface area contributed by atoms with Gasteiger partial charge in [0.1, 0.15) is 12.7 Å². The Balaban J connectivity index is 2.15. The maximum Gasteiger partial charge on any atom is 0.221 e. The second-order valence-electron chi connectivity index (χ2n) is 3.06. The van der Waals surface area contributed by atoms with Gasteiger partial charge in [0.2, 0.25) is 5.91 Å². The molecular weight excluding hydrogens is 184 g/mol. The van der Waals surface area contributed by atoms with E-state index >= 15 is 0 Å². The zero-order chi connectivity index (χ0) is 10.4.